The van der Waals surface area contributed by atoms with Crippen LogP contribution in [0.2, 0.25) is 0 Å². The summed E-state index contributed by atoms with van der Waals surface area (Å²) in [5.41, 5.74) is 0.615. The fourth-order valence-corrected chi connectivity index (χ4v) is 2.88. The van der Waals surface area contributed by atoms with Crippen LogP contribution in [0.4, 0.5) is 0 Å². The van der Waals surface area contributed by atoms with E-state index in [4.69, 9.17) is 4.74 Å². The van der Waals surface area contributed by atoms with Crippen LogP contribution in [-0.2, 0) is 9.53 Å². The Balaban J connectivity index is 2.14. The molecular formula is C17H23NO8. The molecule has 0 heterocycles. The van der Waals surface area contributed by atoms with Gasteiger partial charge in [0.15, 0.2) is 11.5 Å². The van der Waals surface area contributed by atoms with Crippen LogP contribution in [0.1, 0.15) is 12.5 Å². The molecule has 7 N–H and O–H groups in total. The van der Waals surface area contributed by atoms with Crippen molar-refractivity contribution in [1.29, 1.82) is 0 Å². The summed E-state index contributed by atoms with van der Waals surface area (Å²) in [6, 6.07) is 2.69. The number of nitrogens with one attached hydrogen (secondary N) is 1. The molecule has 26 heavy (non-hydrogen) atoms. The van der Waals surface area contributed by atoms with Crippen LogP contribution in [0.25, 0.3) is 6.08 Å². The lowest BCUT2D eigenvalue weighted by Crippen LogP contribution is -2.68. The molecule has 0 spiro atoms. The maximum absolute atomic E-state index is 12.3. The molecule has 1 saturated carbocycles. The molecule has 1 aromatic rings. The smallest absolute Gasteiger partial charge is 0.247 e. The van der Waals surface area contributed by atoms with Gasteiger partial charge in [-0.1, -0.05) is 6.07 Å². The number of hydrogen-bond donors (Lipinski definition) is 7. The van der Waals surface area contributed by atoms with Crippen molar-refractivity contribution in [2.75, 3.05) is 7.11 Å². The number of phenols is 2. The van der Waals surface area contributed by atoms with E-state index in [1.807, 2.05) is 0 Å². The zero-order valence-corrected chi connectivity index (χ0v) is 14.3. The summed E-state index contributed by atoms with van der Waals surface area (Å²) in [5, 5.41) is 61.3. The van der Waals surface area contributed by atoms with E-state index < -0.39 is 42.5 Å². The Kier molecular flexibility index (Phi) is 6.21. The number of ether oxygens (including phenoxy) is 1. The first-order valence-corrected chi connectivity index (χ1v) is 7.93. The predicted molar refractivity (Wildman–Crippen MR) is 90.2 cm³/mol. The highest BCUT2D eigenvalue weighted by atomic mass is 16.5. The molecule has 0 aromatic heterocycles. The lowest BCUT2D eigenvalue weighted by atomic mass is 9.83. The second kappa shape index (κ2) is 8.02. The quantitative estimate of drug-likeness (QED) is 0.248. The van der Waals surface area contributed by atoms with Crippen LogP contribution in [0.5, 0.6) is 11.5 Å². The molecule has 0 saturated heterocycles. The standard InChI is InChI=1S/C17H23NO8/c1-7(5-8-3-4-9(19)10(20)6-8)17(25)18-11-12(21)14(23)16(26-2)15(24)13(11)22/h3-6,11-16,19-24H,1-2H3,(H,18,25)/b7-5+/t11?,12-,13+,14+,15-,16?. The summed E-state index contributed by atoms with van der Waals surface area (Å²) in [6.07, 6.45) is -5.87. The van der Waals surface area contributed by atoms with Crippen LogP contribution in [0.3, 0.4) is 0 Å². The Bertz CT molecular complexity index is 675. The molecular weight excluding hydrogens is 346 g/mol. The van der Waals surface area contributed by atoms with Gasteiger partial charge in [0.05, 0.1) is 6.04 Å². The highest BCUT2D eigenvalue weighted by Crippen LogP contribution is 2.26. The zero-order chi connectivity index (χ0) is 19.6. The van der Waals surface area contributed by atoms with E-state index in [-0.39, 0.29) is 17.1 Å². The number of rotatable bonds is 4. The van der Waals surface area contributed by atoms with Crippen molar-refractivity contribution in [2.45, 2.75) is 43.5 Å². The Morgan fingerprint density at radius 2 is 1.62 bits per heavy atom. The maximum atomic E-state index is 12.3. The minimum Gasteiger partial charge on any atom is -0.504 e. The first kappa shape index (κ1) is 20.1. The van der Waals surface area contributed by atoms with Crippen LogP contribution in [0, 0.1) is 0 Å². The van der Waals surface area contributed by atoms with E-state index in [1.165, 1.54) is 38.3 Å². The van der Waals surface area contributed by atoms with Crippen molar-refractivity contribution in [2.24, 2.45) is 0 Å². The summed E-state index contributed by atoms with van der Waals surface area (Å²) < 4.78 is 4.87. The zero-order valence-electron chi connectivity index (χ0n) is 14.3. The van der Waals surface area contributed by atoms with Gasteiger partial charge in [0.25, 0.3) is 0 Å². The summed E-state index contributed by atoms with van der Waals surface area (Å²) in [7, 11) is 1.22. The normalized spacial score (nSPS) is 32.3. The maximum Gasteiger partial charge on any atom is 0.247 e. The molecule has 1 aliphatic rings. The second-order valence-electron chi connectivity index (χ2n) is 6.24. The van der Waals surface area contributed by atoms with Crippen LogP contribution >= 0.6 is 0 Å². The number of carbonyl (C=O) groups is 1. The average Bonchev–Trinajstić information content (AvgIpc) is 2.60. The molecule has 0 bridgehead atoms. The van der Waals surface area contributed by atoms with Crippen molar-refractivity contribution in [3.05, 3.63) is 29.3 Å². The van der Waals surface area contributed by atoms with E-state index in [1.54, 1.807) is 0 Å². The lowest BCUT2D eigenvalue weighted by molar-refractivity contribution is -0.199. The molecule has 1 aliphatic carbocycles. The summed E-state index contributed by atoms with van der Waals surface area (Å²) in [4.78, 5) is 12.3. The number of benzene rings is 1. The molecule has 2 rings (SSSR count). The van der Waals surface area contributed by atoms with Gasteiger partial charge in [-0.2, -0.15) is 0 Å². The van der Waals surface area contributed by atoms with Crippen molar-refractivity contribution in [3.8, 4) is 11.5 Å². The second-order valence-corrected chi connectivity index (χ2v) is 6.24. The Morgan fingerprint density at radius 3 is 2.12 bits per heavy atom. The monoisotopic (exact) mass is 369 g/mol. The molecule has 0 aliphatic heterocycles. The minimum atomic E-state index is -1.55. The van der Waals surface area contributed by atoms with Crippen molar-refractivity contribution in [1.82, 2.24) is 5.32 Å². The topological polar surface area (TPSA) is 160 Å². The van der Waals surface area contributed by atoms with Crippen molar-refractivity contribution < 1.29 is 40.2 Å². The van der Waals surface area contributed by atoms with E-state index in [2.05, 4.69) is 5.32 Å². The van der Waals surface area contributed by atoms with Gasteiger partial charge >= 0.3 is 0 Å². The van der Waals surface area contributed by atoms with Crippen LogP contribution in [0.15, 0.2) is 23.8 Å². The van der Waals surface area contributed by atoms with Crippen LogP contribution in [-0.4, -0.2) is 80.2 Å². The fourth-order valence-electron chi connectivity index (χ4n) is 2.88. The number of hydrogen-bond acceptors (Lipinski definition) is 8. The number of carbonyl (C=O) groups excluding carboxylic acids is 1. The molecule has 9 heteroatoms. The number of aliphatic hydroxyl groups excluding tert-OH is 4. The minimum absolute atomic E-state index is 0.173. The highest BCUT2D eigenvalue weighted by Gasteiger charge is 2.49. The Hall–Kier alpha value is -2.17. The summed E-state index contributed by atoms with van der Waals surface area (Å²) in [5.74, 6) is -1.30. The van der Waals surface area contributed by atoms with E-state index >= 15 is 0 Å². The van der Waals surface area contributed by atoms with Crippen molar-refractivity contribution >= 4 is 12.0 Å². The summed E-state index contributed by atoms with van der Waals surface area (Å²) >= 11 is 0. The van der Waals surface area contributed by atoms with Gasteiger partial charge in [0.2, 0.25) is 5.91 Å². The van der Waals surface area contributed by atoms with E-state index in [0.29, 0.717) is 5.56 Å². The number of amides is 1. The van der Waals surface area contributed by atoms with Crippen LogP contribution < -0.4 is 5.32 Å². The SMILES string of the molecule is COC1[C@@H](O)[C@H](O)C(NC(=O)/C(C)=C/c2ccc(O)c(O)c2)[C@H](O)[C@H]1O. The number of phenolic OH excluding ortho intramolecular Hbond substituents is 2. The molecule has 144 valence electrons. The Labute approximate surface area is 149 Å². The van der Waals surface area contributed by atoms with E-state index in [9.17, 15) is 35.4 Å². The van der Waals surface area contributed by atoms with Gasteiger partial charge in [-0.05, 0) is 30.7 Å². The summed E-state index contributed by atoms with van der Waals surface area (Å²) in [6.45, 7) is 1.46. The first-order chi connectivity index (χ1) is 12.2. The highest BCUT2D eigenvalue weighted by molar-refractivity contribution is 5.97. The fraction of sp³-hybridized carbons (Fsp3) is 0.471. The first-order valence-electron chi connectivity index (χ1n) is 7.93. The van der Waals surface area contributed by atoms with Gasteiger partial charge in [0.1, 0.15) is 30.5 Å². The molecule has 1 aromatic carbocycles. The molecule has 2 unspecified atom stereocenters. The van der Waals surface area contributed by atoms with E-state index in [0.717, 1.165) is 0 Å². The molecule has 1 amide bonds. The third-order valence-corrected chi connectivity index (χ3v) is 4.42. The molecule has 6 atom stereocenters. The molecule has 0 radical (unpaired) electrons. The molecule has 1 fully saturated rings. The average molecular weight is 369 g/mol. The van der Waals surface area contributed by atoms with Gasteiger partial charge in [0, 0.05) is 12.7 Å². The van der Waals surface area contributed by atoms with Gasteiger partial charge in [-0.25, -0.2) is 0 Å². The van der Waals surface area contributed by atoms with Gasteiger partial charge in [-0.15, -0.1) is 0 Å². The number of aliphatic hydroxyl groups is 4. The third kappa shape index (κ3) is 3.97. The van der Waals surface area contributed by atoms with Gasteiger partial charge < -0.3 is 40.7 Å². The number of methoxy groups -OCH3 is 1. The third-order valence-electron chi connectivity index (χ3n) is 4.42. The Morgan fingerprint density at radius 1 is 1.04 bits per heavy atom. The molecule has 9 nitrogen and oxygen atoms in total. The van der Waals surface area contributed by atoms with Crippen molar-refractivity contribution in [3.63, 3.8) is 0 Å². The number of aromatic hydroxyl groups is 2. The lowest BCUT2D eigenvalue weighted by Gasteiger charge is -2.43. The van der Waals surface area contributed by atoms with Gasteiger partial charge in [-0.3, -0.25) is 4.79 Å². The predicted octanol–water partition coefficient (Wildman–Crippen LogP) is -1.54. The largest absolute Gasteiger partial charge is 0.504 e.